The first-order valence-electron chi connectivity index (χ1n) is 7.27. The topological polar surface area (TPSA) is 48.9 Å². The first-order chi connectivity index (χ1) is 10.3. The van der Waals surface area contributed by atoms with Crippen LogP contribution in [0.4, 0.5) is 4.39 Å². The summed E-state index contributed by atoms with van der Waals surface area (Å²) in [4.78, 5) is 6.49. The van der Waals surface area contributed by atoms with Gasteiger partial charge in [-0.15, -0.1) is 24.0 Å². The highest BCUT2D eigenvalue weighted by molar-refractivity contribution is 14.0. The van der Waals surface area contributed by atoms with E-state index in [-0.39, 0.29) is 29.8 Å². The van der Waals surface area contributed by atoms with E-state index in [4.69, 9.17) is 4.74 Å². The summed E-state index contributed by atoms with van der Waals surface area (Å²) in [7, 11) is 1.71. The maximum atomic E-state index is 13.5. The van der Waals surface area contributed by atoms with Crippen LogP contribution in [0.15, 0.2) is 29.3 Å². The van der Waals surface area contributed by atoms with Gasteiger partial charge in [-0.1, -0.05) is 18.2 Å². The van der Waals surface area contributed by atoms with Crippen LogP contribution in [0.2, 0.25) is 0 Å². The Morgan fingerprint density at radius 1 is 1.27 bits per heavy atom. The Kier molecular flexibility index (Phi) is 9.33. The van der Waals surface area contributed by atoms with Gasteiger partial charge in [0.2, 0.25) is 0 Å². The third-order valence-corrected chi connectivity index (χ3v) is 3.45. The van der Waals surface area contributed by atoms with Crippen molar-refractivity contribution in [1.82, 2.24) is 15.5 Å². The lowest BCUT2D eigenvalue weighted by Gasteiger charge is -2.26. The minimum absolute atomic E-state index is 0. The fourth-order valence-electron chi connectivity index (χ4n) is 2.20. The molecule has 7 heteroatoms. The Bertz CT molecular complexity index is 467. The van der Waals surface area contributed by atoms with Crippen molar-refractivity contribution in [2.75, 3.05) is 46.4 Å². The number of rotatable bonds is 5. The number of aliphatic imine (C=N–C) groups is 1. The van der Waals surface area contributed by atoms with Gasteiger partial charge >= 0.3 is 0 Å². The second kappa shape index (κ2) is 10.7. The third-order valence-electron chi connectivity index (χ3n) is 3.45. The molecule has 1 aliphatic rings. The maximum Gasteiger partial charge on any atom is 0.191 e. The maximum absolute atomic E-state index is 13.5. The first kappa shape index (κ1) is 19.1. The normalized spacial score (nSPS) is 16.0. The number of nitrogens with zero attached hydrogens (tertiary/aromatic N) is 2. The van der Waals surface area contributed by atoms with Crippen molar-refractivity contribution < 1.29 is 9.13 Å². The summed E-state index contributed by atoms with van der Waals surface area (Å²) in [6.07, 6.45) is 0. The van der Waals surface area contributed by atoms with Crippen molar-refractivity contribution >= 4 is 29.9 Å². The van der Waals surface area contributed by atoms with E-state index in [0.717, 1.165) is 39.4 Å². The lowest BCUT2D eigenvalue weighted by molar-refractivity contribution is 0.0389. The first-order valence-corrected chi connectivity index (χ1v) is 7.27. The number of nitrogens with one attached hydrogen (secondary N) is 2. The quantitative estimate of drug-likeness (QED) is 0.429. The van der Waals surface area contributed by atoms with Crippen LogP contribution in [-0.4, -0.2) is 57.3 Å². The summed E-state index contributed by atoms with van der Waals surface area (Å²) < 4.78 is 18.8. The third kappa shape index (κ3) is 6.45. The van der Waals surface area contributed by atoms with Gasteiger partial charge in [0.1, 0.15) is 5.82 Å². The molecule has 1 fully saturated rings. The van der Waals surface area contributed by atoms with Gasteiger partial charge in [0.05, 0.1) is 13.2 Å². The molecule has 1 heterocycles. The SMILES string of the molecule is CN=C(NCCN1CCOCC1)NCc1ccccc1F.I. The minimum Gasteiger partial charge on any atom is -0.379 e. The summed E-state index contributed by atoms with van der Waals surface area (Å²) in [5, 5.41) is 6.36. The molecule has 0 saturated carbocycles. The summed E-state index contributed by atoms with van der Waals surface area (Å²) >= 11 is 0. The number of ether oxygens (including phenoxy) is 1. The summed E-state index contributed by atoms with van der Waals surface area (Å²) in [6.45, 7) is 5.73. The zero-order valence-electron chi connectivity index (χ0n) is 12.8. The zero-order valence-corrected chi connectivity index (χ0v) is 15.2. The van der Waals surface area contributed by atoms with Crippen molar-refractivity contribution in [3.8, 4) is 0 Å². The lowest BCUT2D eigenvalue weighted by Crippen LogP contribution is -2.44. The molecular weight excluding hydrogens is 398 g/mol. The Morgan fingerprint density at radius 3 is 2.68 bits per heavy atom. The van der Waals surface area contributed by atoms with E-state index in [1.807, 2.05) is 6.07 Å². The predicted octanol–water partition coefficient (Wildman–Crippen LogP) is 1.44. The molecule has 1 aromatic carbocycles. The van der Waals surface area contributed by atoms with E-state index in [0.29, 0.717) is 18.1 Å². The molecule has 1 aromatic rings. The van der Waals surface area contributed by atoms with Gasteiger partial charge in [-0.05, 0) is 6.07 Å². The number of hydrogen-bond donors (Lipinski definition) is 2. The Hall–Kier alpha value is -0.930. The van der Waals surface area contributed by atoms with Crippen LogP contribution in [0.5, 0.6) is 0 Å². The van der Waals surface area contributed by atoms with E-state index < -0.39 is 0 Å². The van der Waals surface area contributed by atoms with Crippen LogP contribution in [-0.2, 0) is 11.3 Å². The number of benzene rings is 1. The minimum atomic E-state index is -0.200. The summed E-state index contributed by atoms with van der Waals surface area (Å²) in [6, 6.07) is 6.75. The van der Waals surface area contributed by atoms with Crippen molar-refractivity contribution in [1.29, 1.82) is 0 Å². The molecule has 0 radical (unpaired) electrons. The monoisotopic (exact) mass is 422 g/mol. The highest BCUT2D eigenvalue weighted by Gasteiger charge is 2.09. The Labute approximate surface area is 148 Å². The summed E-state index contributed by atoms with van der Waals surface area (Å²) in [5.41, 5.74) is 0.633. The van der Waals surface area contributed by atoms with E-state index in [1.165, 1.54) is 6.07 Å². The fraction of sp³-hybridized carbons (Fsp3) is 0.533. The molecule has 0 amide bonds. The molecule has 2 N–H and O–H groups in total. The van der Waals surface area contributed by atoms with Crippen molar-refractivity contribution in [2.24, 2.45) is 4.99 Å². The zero-order chi connectivity index (χ0) is 14.9. The molecule has 1 aliphatic heterocycles. The van der Waals surface area contributed by atoms with Gasteiger partial charge in [-0.2, -0.15) is 0 Å². The Morgan fingerprint density at radius 2 is 2.00 bits per heavy atom. The van der Waals surface area contributed by atoms with Crippen molar-refractivity contribution in [2.45, 2.75) is 6.54 Å². The Balaban J connectivity index is 0.00000242. The van der Waals surface area contributed by atoms with Gasteiger partial charge in [0.15, 0.2) is 5.96 Å². The molecule has 124 valence electrons. The van der Waals surface area contributed by atoms with Gasteiger partial charge < -0.3 is 15.4 Å². The van der Waals surface area contributed by atoms with E-state index in [1.54, 1.807) is 19.2 Å². The van der Waals surface area contributed by atoms with E-state index in [9.17, 15) is 4.39 Å². The van der Waals surface area contributed by atoms with Gasteiger partial charge in [-0.3, -0.25) is 9.89 Å². The molecule has 1 saturated heterocycles. The van der Waals surface area contributed by atoms with Crippen LogP contribution in [0.3, 0.4) is 0 Å². The lowest BCUT2D eigenvalue weighted by atomic mass is 10.2. The molecule has 0 bridgehead atoms. The number of guanidine groups is 1. The van der Waals surface area contributed by atoms with Crippen LogP contribution in [0, 0.1) is 5.82 Å². The van der Waals surface area contributed by atoms with E-state index >= 15 is 0 Å². The standard InChI is InChI=1S/C15H23FN4O.HI/c1-17-15(18-6-7-20-8-10-21-11-9-20)19-12-13-4-2-3-5-14(13)16;/h2-5H,6-12H2,1H3,(H2,17,18,19);1H. The molecule has 2 rings (SSSR count). The second-order valence-corrected chi connectivity index (χ2v) is 4.90. The highest BCUT2D eigenvalue weighted by atomic mass is 127. The van der Waals surface area contributed by atoms with Gasteiger partial charge in [-0.25, -0.2) is 4.39 Å². The molecule has 22 heavy (non-hydrogen) atoms. The molecule has 0 aliphatic carbocycles. The summed E-state index contributed by atoms with van der Waals surface area (Å²) in [5.74, 6) is 0.486. The smallest absolute Gasteiger partial charge is 0.191 e. The average molecular weight is 422 g/mol. The van der Waals surface area contributed by atoms with Gasteiger partial charge in [0, 0.05) is 45.3 Å². The van der Waals surface area contributed by atoms with Crippen LogP contribution in [0.25, 0.3) is 0 Å². The highest BCUT2D eigenvalue weighted by Crippen LogP contribution is 2.05. The van der Waals surface area contributed by atoms with Crippen molar-refractivity contribution in [3.05, 3.63) is 35.6 Å². The number of hydrogen-bond acceptors (Lipinski definition) is 3. The second-order valence-electron chi connectivity index (χ2n) is 4.90. The molecule has 5 nitrogen and oxygen atoms in total. The molecule has 0 aromatic heterocycles. The van der Waals surface area contributed by atoms with Crippen LogP contribution < -0.4 is 10.6 Å². The predicted molar refractivity (Wildman–Crippen MR) is 97.3 cm³/mol. The van der Waals surface area contributed by atoms with Gasteiger partial charge in [0.25, 0.3) is 0 Å². The van der Waals surface area contributed by atoms with E-state index in [2.05, 4.69) is 20.5 Å². The number of halogens is 2. The number of morpholine rings is 1. The molecular formula is C15H24FIN4O. The largest absolute Gasteiger partial charge is 0.379 e. The van der Waals surface area contributed by atoms with Crippen molar-refractivity contribution in [3.63, 3.8) is 0 Å². The molecule has 0 unspecified atom stereocenters. The molecule has 0 atom stereocenters. The van der Waals surface area contributed by atoms with Crippen LogP contribution >= 0.6 is 24.0 Å². The van der Waals surface area contributed by atoms with Crippen LogP contribution in [0.1, 0.15) is 5.56 Å². The fourth-order valence-corrected chi connectivity index (χ4v) is 2.20. The average Bonchev–Trinajstić information content (AvgIpc) is 2.53. The molecule has 0 spiro atoms.